The fraction of sp³-hybridized carbons (Fsp3) is 0.222. The van der Waals surface area contributed by atoms with Gasteiger partial charge in [-0.1, -0.05) is 17.7 Å². The molecule has 0 bridgehead atoms. The van der Waals surface area contributed by atoms with Crippen LogP contribution in [0.2, 0.25) is 0 Å². The summed E-state index contributed by atoms with van der Waals surface area (Å²) in [6.07, 6.45) is 0. The molecule has 0 spiro atoms. The van der Waals surface area contributed by atoms with E-state index in [1.165, 1.54) is 0 Å². The van der Waals surface area contributed by atoms with Crippen molar-refractivity contribution in [1.82, 2.24) is 0 Å². The molecule has 0 saturated heterocycles. The number of nitro groups is 1. The molecular weight excluding hydrogens is 343 g/mol. The molecule has 26 heavy (non-hydrogen) atoms. The van der Waals surface area contributed by atoms with Crippen molar-refractivity contribution < 1.29 is 23.6 Å². The van der Waals surface area contributed by atoms with Gasteiger partial charge in [0.15, 0.2) is 6.61 Å². The summed E-state index contributed by atoms with van der Waals surface area (Å²) in [6, 6.07) is 6.39. The monoisotopic (exact) mass is 360 g/mol. The molecule has 7 nitrogen and oxygen atoms in total. The van der Waals surface area contributed by atoms with E-state index < -0.39 is 29.2 Å². The van der Waals surface area contributed by atoms with Gasteiger partial charge in [0.25, 0.3) is 11.6 Å². The van der Waals surface area contributed by atoms with Gasteiger partial charge in [0.05, 0.1) is 16.2 Å². The van der Waals surface area contributed by atoms with E-state index in [0.717, 1.165) is 34.9 Å². The minimum atomic E-state index is -0.833. The predicted octanol–water partition coefficient (Wildman–Crippen LogP) is 3.45. The zero-order valence-electron chi connectivity index (χ0n) is 14.5. The molecule has 0 atom stereocenters. The SMILES string of the molecule is Cc1cc(C)c(C(=O)OCC(=O)Nc2cc([N+](=O)[O-])ccc2F)c(C)c1. The van der Waals surface area contributed by atoms with Crippen LogP contribution in [0.15, 0.2) is 30.3 Å². The van der Waals surface area contributed by atoms with E-state index in [1.54, 1.807) is 13.8 Å². The normalized spacial score (nSPS) is 10.3. The lowest BCUT2D eigenvalue weighted by molar-refractivity contribution is -0.384. The number of nitrogens with zero attached hydrogens (tertiary/aromatic N) is 1. The number of nitrogens with one attached hydrogen (secondary N) is 1. The topological polar surface area (TPSA) is 98.5 Å². The molecule has 0 radical (unpaired) electrons. The number of rotatable bonds is 5. The lowest BCUT2D eigenvalue weighted by Crippen LogP contribution is -2.22. The number of carbonyl (C=O) groups is 2. The molecule has 136 valence electrons. The lowest BCUT2D eigenvalue weighted by Gasteiger charge is -2.11. The maximum atomic E-state index is 13.7. The molecule has 0 saturated carbocycles. The Labute approximate surface area is 148 Å². The number of ether oxygens (including phenoxy) is 1. The van der Waals surface area contributed by atoms with Gasteiger partial charge in [-0.3, -0.25) is 14.9 Å². The summed E-state index contributed by atoms with van der Waals surface area (Å²) < 4.78 is 18.6. The van der Waals surface area contributed by atoms with E-state index in [9.17, 15) is 24.1 Å². The zero-order valence-corrected chi connectivity index (χ0v) is 14.5. The fourth-order valence-electron chi connectivity index (χ4n) is 2.61. The standard InChI is InChI=1S/C18H17FN2O5/c1-10-6-11(2)17(12(3)7-10)18(23)26-9-16(22)20-15-8-13(21(24)25)4-5-14(15)19/h4-8H,9H2,1-3H3,(H,20,22). The van der Waals surface area contributed by atoms with Crippen molar-refractivity contribution in [2.45, 2.75) is 20.8 Å². The Balaban J connectivity index is 2.05. The Morgan fingerprint density at radius 3 is 2.35 bits per heavy atom. The van der Waals surface area contributed by atoms with Gasteiger partial charge in [-0.25, -0.2) is 9.18 Å². The fourth-order valence-corrected chi connectivity index (χ4v) is 2.61. The molecule has 0 heterocycles. The Morgan fingerprint density at radius 2 is 1.77 bits per heavy atom. The lowest BCUT2D eigenvalue weighted by atomic mass is 10.00. The minimum Gasteiger partial charge on any atom is -0.452 e. The molecule has 0 aromatic heterocycles. The summed E-state index contributed by atoms with van der Waals surface area (Å²) in [7, 11) is 0. The molecule has 1 N–H and O–H groups in total. The first kappa shape index (κ1) is 19.0. The van der Waals surface area contributed by atoms with E-state index in [2.05, 4.69) is 5.32 Å². The molecule has 2 aromatic rings. The second kappa shape index (κ2) is 7.73. The maximum absolute atomic E-state index is 13.7. The number of non-ortho nitro benzene ring substituents is 1. The first-order chi connectivity index (χ1) is 12.2. The van der Waals surface area contributed by atoms with Crippen molar-refractivity contribution in [2.24, 2.45) is 0 Å². The van der Waals surface area contributed by atoms with Gasteiger partial charge in [-0.05, 0) is 38.0 Å². The van der Waals surface area contributed by atoms with Crippen LogP contribution in [0.1, 0.15) is 27.0 Å². The molecule has 8 heteroatoms. The second-order valence-corrected chi connectivity index (χ2v) is 5.82. The number of esters is 1. The van der Waals surface area contributed by atoms with Crippen LogP contribution in [0.5, 0.6) is 0 Å². The molecule has 0 aliphatic heterocycles. The smallest absolute Gasteiger partial charge is 0.339 e. The zero-order chi connectivity index (χ0) is 19.4. The van der Waals surface area contributed by atoms with Crippen molar-refractivity contribution in [1.29, 1.82) is 0 Å². The number of hydrogen-bond acceptors (Lipinski definition) is 5. The number of carbonyl (C=O) groups excluding carboxylic acids is 2. The van der Waals surface area contributed by atoms with E-state index in [4.69, 9.17) is 4.74 Å². The van der Waals surface area contributed by atoms with Crippen LogP contribution >= 0.6 is 0 Å². The second-order valence-electron chi connectivity index (χ2n) is 5.82. The summed E-state index contributed by atoms with van der Waals surface area (Å²) in [5.74, 6) is -2.31. The van der Waals surface area contributed by atoms with Crippen molar-refractivity contribution in [2.75, 3.05) is 11.9 Å². The van der Waals surface area contributed by atoms with Crippen LogP contribution in [0.25, 0.3) is 0 Å². The van der Waals surface area contributed by atoms with Gasteiger partial charge in [-0.15, -0.1) is 0 Å². The number of halogens is 1. The van der Waals surface area contributed by atoms with Gasteiger partial charge in [0, 0.05) is 12.1 Å². The van der Waals surface area contributed by atoms with Gasteiger partial charge < -0.3 is 10.1 Å². The average molecular weight is 360 g/mol. The van der Waals surface area contributed by atoms with Gasteiger partial charge in [0.1, 0.15) is 5.82 Å². The molecule has 0 aliphatic carbocycles. The number of amides is 1. The van der Waals surface area contributed by atoms with Crippen molar-refractivity contribution >= 4 is 23.3 Å². The van der Waals surface area contributed by atoms with Crippen molar-refractivity contribution in [3.63, 3.8) is 0 Å². The maximum Gasteiger partial charge on any atom is 0.339 e. The highest BCUT2D eigenvalue weighted by molar-refractivity contribution is 5.97. The van der Waals surface area contributed by atoms with Crippen molar-refractivity contribution in [3.05, 3.63) is 68.5 Å². The highest BCUT2D eigenvalue weighted by atomic mass is 19.1. The summed E-state index contributed by atoms with van der Waals surface area (Å²) in [6.45, 7) is 4.77. The first-order valence-electron chi connectivity index (χ1n) is 7.68. The number of nitro benzene ring substituents is 1. The Bertz CT molecular complexity index is 872. The predicted molar refractivity (Wildman–Crippen MR) is 92.6 cm³/mol. The third-order valence-corrected chi connectivity index (χ3v) is 3.65. The van der Waals surface area contributed by atoms with Crippen LogP contribution in [0, 0.1) is 36.7 Å². The van der Waals surface area contributed by atoms with Gasteiger partial charge in [-0.2, -0.15) is 0 Å². The molecule has 1 amide bonds. The highest BCUT2D eigenvalue weighted by Gasteiger charge is 2.17. The van der Waals surface area contributed by atoms with Gasteiger partial charge in [0.2, 0.25) is 0 Å². The summed E-state index contributed by atoms with van der Waals surface area (Å²) >= 11 is 0. The summed E-state index contributed by atoms with van der Waals surface area (Å²) in [4.78, 5) is 34.1. The largest absolute Gasteiger partial charge is 0.452 e. The van der Waals surface area contributed by atoms with Crippen LogP contribution < -0.4 is 5.32 Å². The molecule has 2 rings (SSSR count). The van der Waals surface area contributed by atoms with E-state index in [0.29, 0.717) is 5.56 Å². The summed E-state index contributed by atoms with van der Waals surface area (Å²) in [5.41, 5.74) is 2.07. The van der Waals surface area contributed by atoms with E-state index >= 15 is 0 Å². The van der Waals surface area contributed by atoms with Gasteiger partial charge >= 0.3 is 5.97 Å². The average Bonchev–Trinajstić information content (AvgIpc) is 2.53. The van der Waals surface area contributed by atoms with Crippen LogP contribution in [0.3, 0.4) is 0 Å². The molecule has 0 aliphatic rings. The highest BCUT2D eigenvalue weighted by Crippen LogP contribution is 2.21. The minimum absolute atomic E-state index is 0.358. The Kier molecular flexibility index (Phi) is 5.66. The number of benzene rings is 2. The molecule has 0 unspecified atom stereocenters. The molecule has 0 fully saturated rings. The molecular formula is C18H17FN2O5. The van der Waals surface area contributed by atoms with Crippen LogP contribution in [0.4, 0.5) is 15.8 Å². The van der Waals surface area contributed by atoms with Crippen LogP contribution in [-0.2, 0) is 9.53 Å². The van der Waals surface area contributed by atoms with E-state index in [1.807, 2.05) is 19.1 Å². The van der Waals surface area contributed by atoms with E-state index in [-0.39, 0.29) is 11.4 Å². The molecule has 2 aromatic carbocycles. The number of anilines is 1. The number of aryl methyl sites for hydroxylation is 3. The summed E-state index contributed by atoms with van der Waals surface area (Å²) in [5, 5.41) is 12.9. The Morgan fingerprint density at radius 1 is 1.15 bits per heavy atom. The Hall–Kier alpha value is -3.29. The first-order valence-corrected chi connectivity index (χ1v) is 7.68. The van der Waals surface area contributed by atoms with Crippen LogP contribution in [-0.4, -0.2) is 23.4 Å². The third-order valence-electron chi connectivity index (χ3n) is 3.65. The quantitative estimate of drug-likeness (QED) is 0.500. The number of hydrogen-bond donors (Lipinski definition) is 1. The van der Waals surface area contributed by atoms with Crippen molar-refractivity contribution in [3.8, 4) is 0 Å². The third kappa shape index (κ3) is 4.41.